The highest BCUT2D eigenvalue weighted by atomic mass is 16.5. The lowest BCUT2D eigenvalue weighted by atomic mass is 10.1. The van der Waals surface area contributed by atoms with E-state index >= 15 is 0 Å². The van der Waals surface area contributed by atoms with Gasteiger partial charge >= 0.3 is 0 Å². The number of ether oxygens (including phenoxy) is 1. The van der Waals surface area contributed by atoms with Gasteiger partial charge in [0.05, 0.1) is 12.7 Å². The largest absolute Gasteiger partial charge is 0.496 e. The van der Waals surface area contributed by atoms with Crippen LogP contribution in [0.15, 0.2) is 29.1 Å². The van der Waals surface area contributed by atoms with Crippen LogP contribution in [0.3, 0.4) is 0 Å². The average Bonchev–Trinajstić information content (AvgIpc) is 2.70. The number of nitrogens with zero attached hydrogens (tertiary/aromatic N) is 2. The molecular formula is C10H10N2O2. The van der Waals surface area contributed by atoms with Crippen molar-refractivity contribution >= 4 is 0 Å². The minimum absolute atomic E-state index is 0.556. The Kier molecular flexibility index (Phi) is 2.18. The Hall–Kier alpha value is -1.84. The molecule has 0 atom stereocenters. The zero-order valence-electron chi connectivity index (χ0n) is 8.02. The van der Waals surface area contributed by atoms with Crippen molar-refractivity contribution in [3.05, 3.63) is 30.2 Å². The summed E-state index contributed by atoms with van der Waals surface area (Å²) in [5.41, 5.74) is 1.94. The van der Waals surface area contributed by atoms with Gasteiger partial charge in [-0.25, -0.2) is 0 Å². The van der Waals surface area contributed by atoms with E-state index in [0.717, 1.165) is 16.9 Å². The molecule has 1 aromatic heterocycles. The van der Waals surface area contributed by atoms with Crippen LogP contribution in [0, 0.1) is 6.92 Å². The van der Waals surface area contributed by atoms with Crippen molar-refractivity contribution < 1.29 is 9.26 Å². The summed E-state index contributed by atoms with van der Waals surface area (Å²) in [4.78, 5) is 4.00. The van der Waals surface area contributed by atoms with Crippen molar-refractivity contribution in [2.24, 2.45) is 0 Å². The van der Waals surface area contributed by atoms with Gasteiger partial charge in [-0.15, -0.1) is 0 Å². The Morgan fingerprint density at radius 3 is 2.86 bits per heavy atom. The molecule has 4 heteroatoms. The van der Waals surface area contributed by atoms with Gasteiger partial charge in [0.2, 0.25) is 12.2 Å². The Balaban J connectivity index is 2.61. The van der Waals surface area contributed by atoms with Gasteiger partial charge in [-0.2, -0.15) is 4.98 Å². The van der Waals surface area contributed by atoms with Gasteiger partial charge in [-0.1, -0.05) is 17.3 Å². The Labute approximate surface area is 81.5 Å². The van der Waals surface area contributed by atoms with Gasteiger partial charge in [0.1, 0.15) is 5.75 Å². The Bertz CT molecular complexity index is 424. The van der Waals surface area contributed by atoms with Crippen LogP contribution >= 0.6 is 0 Å². The highest BCUT2D eigenvalue weighted by molar-refractivity contribution is 5.67. The van der Waals surface area contributed by atoms with Gasteiger partial charge in [-0.3, -0.25) is 0 Å². The second-order valence-corrected chi connectivity index (χ2v) is 2.91. The second kappa shape index (κ2) is 3.49. The molecule has 0 aliphatic carbocycles. The summed E-state index contributed by atoms with van der Waals surface area (Å²) in [7, 11) is 1.62. The number of hydrogen-bond acceptors (Lipinski definition) is 4. The van der Waals surface area contributed by atoms with E-state index in [1.165, 1.54) is 6.39 Å². The van der Waals surface area contributed by atoms with Crippen molar-refractivity contribution in [2.45, 2.75) is 6.92 Å². The van der Waals surface area contributed by atoms with Gasteiger partial charge in [0.25, 0.3) is 0 Å². The fraction of sp³-hybridized carbons (Fsp3) is 0.200. The van der Waals surface area contributed by atoms with Crippen LogP contribution in [-0.2, 0) is 0 Å². The predicted molar refractivity (Wildman–Crippen MR) is 51.0 cm³/mol. The van der Waals surface area contributed by atoms with Crippen molar-refractivity contribution in [1.29, 1.82) is 0 Å². The van der Waals surface area contributed by atoms with Gasteiger partial charge in [0.15, 0.2) is 0 Å². The highest BCUT2D eigenvalue weighted by Crippen LogP contribution is 2.30. The van der Waals surface area contributed by atoms with E-state index in [2.05, 4.69) is 10.1 Å². The zero-order valence-corrected chi connectivity index (χ0v) is 8.02. The Morgan fingerprint density at radius 1 is 1.36 bits per heavy atom. The summed E-state index contributed by atoms with van der Waals surface area (Å²) in [6, 6.07) is 5.78. The summed E-state index contributed by atoms with van der Waals surface area (Å²) in [5, 5.41) is 3.79. The first kappa shape index (κ1) is 8.74. The minimum Gasteiger partial charge on any atom is -0.496 e. The molecule has 0 saturated carbocycles. The molecule has 0 amide bonds. The lowest BCUT2D eigenvalue weighted by Crippen LogP contribution is -1.91. The van der Waals surface area contributed by atoms with E-state index in [9.17, 15) is 0 Å². The summed E-state index contributed by atoms with van der Waals surface area (Å²) < 4.78 is 9.94. The highest BCUT2D eigenvalue weighted by Gasteiger charge is 2.12. The maximum Gasteiger partial charge on any atom is 0.214 e. The van der Waals surface area contributed by atoms with E-state index in [1.807, 2.05) is 25.1 Å². The number of aromatic nitrogens is 2. The van der Waals surface area contributed by atoms with Crippen LogP contribution in [0.2, 0.25) is 0 Å². The molecule has 1 aromatic carbocycles. The lowest BCUT2D eigenvalue weighted by molar-refractivity contribution is 0.410. The van der Waals surface area contributed by atoms with Crippen LogP contribution in [0.25, 0.3) is 11.4 Å². The van der Waals surface area contributed by atoms with Crippen LogP contribution in [0.4, 0.5) is 0 Å². The Morgan fingerprint density at radius 2 is 2.21 bits per heavy atom. The number of rotatable bonds is 2. The summed E-state index contributed by atoms with van der Waals surface area (Å²) in [5.74, 6) is 1.31. The molecule has 0 unspecified atom stereocenters. The molecule has 1 heterocycles. The van der Waals surface area contributed by atoms with E-state index in [0.29, 0.717) is 5.82 Å². The van der Waals surface area contributed by atoms with E-state index < -0.39 is 0 Å². The number of methoxy groups -OCH3 is 1. The van der Waals surface area contributed by atoms with Gasteiger partial charge in [-0.05, 0) is 18.6 Å². The van der Waals surface area contributed by atoms with Crippen molar-refractivity contribution in [1.82, 2.24) is 10.1 Å². The number of aryl methyl sites for hydroxylation is 1. The fourth-order valence-corrected chi connectivity index (χ4v) is 1.38. The number of hydrogen-bond donors (Lipinski definition) is 0. The van der Waals surface area contributed by atoms with E-state index in [1.54, 1.807) is 7.11 Å². The lowest BCUT2D eigenvalue weighted by Gasteiger charge is -2.07. The first-order valence-electron chi connectivity index (χ1n) is 4.23. The molecule has 14 heavy (non-hydrogen) atoms. The molecule has 0 spiro atoms. The molecular weight excluding hydrogens is 180 g/mol. The summed E-state index contributed by atoms with van der Waals surface area (Å²) in [6.07, 6.45) is 1.31. The average molecular weight is 190 g/mol. The smallest absolute Gasteiger partial charge is 0.214 e. The third-order valence-electron chi connectivity index (χ3n) is 2.04. The molecule has 2 rings (SSSR count). The molecule has 4 nitrogen and oxygen atoms in total. The van der Waals surface area contributed by atoms with Gasteiger partial charge < -0.3 is 9.26 Å². The third-order valence-corrected chi connectivity index (χ3v) is 2.04. The van der Waals surface area contributed by atoms with Crippen molar-refractivity contribution in [3.8, 4) is 17.1 Å². The van der Waals surface area contributed by atoms with Crippen molar-refractivity contribution in [2.75, 3.05) is 7.11 Å². The van der Waals surface area contributed by atoms with Crippen LogP contribution in [0.5, 0.6) is 5.75 Å². The standard InChI is InChI=1S/C10H10N2O2/c1-7-4-3-5-8(13-2)9(7)10-11-6-14-12-10/h3-6H,1-2H3. The van der Waals surface area contributed by atoms with E-state index in [4.69, 9.17) is 9.26 Å². The van der Waals surface area contributed by atoms with Crippen LogP contribution in [0.1, 0.15) is 5.56 Å². The molecule has 2 aromatic rings. The first-order chi connectivity index (χ1) is 6.83. The van der Waals surface area contributed by atoms with Crippen LogP contribution in [-0.4, -0.2) is 17.3 Å². The zero-order chi connectivity index (χ0) is 9.97. The molecule has 0 fully saturated rings. The maximum atomic E-state index is 5.23. The molecule has 0 N–H and O–H groups in total. The van der Waals surface area contributed by atoms with Gasteiger partial charge in [0, 0.05) is 0 Å². The van der Waals surface area contributed by atoms with E-state index in [-0.39, 0.29) is 0 Å². The summed E-state index contributed by atoms with van der Waals surface area (Å²) in [6.45, 7) is 1.98. The molecule has 0 saturated heterocycles. The predicted octanol–water partition coefficient (Wildman–Crippen LogP) is 2.05. The molecule has 0 radical (unpaired) electrons. The third kappa shape index (κ3) is 1.35. The molecule has 72 valence electrons. The molecule has 0 bridgehead atoms. The quantitative estimate of drug-likeness (QED) is 0.727. The first-order valence-corrected chi connectivity index (χ1v) is 4.23. The molecule has 0 aliphatic heterocycles. The summed E-state index contributed by atoms with van der Waals surface area (Å²) >= 11 is 0. The minimum atomic E-state index is 0.556. The maximum absolute atomic E-state index is 5.23. The van der Waals surface area contributed by atoms with Crippen molar-refractivity contribution in [3.63, 3.8) is 0 Å². The normalized spacial score (nSPS) is 10.1. The second-order valence-electron chi connectivity index (χ2n) is 2.91. The molecule has 0 aliphatic rings. The monoisotopic (exact) mass is 190 g/mol. The topological polar surface area (TPSA) is 48.2 Å². The van der Waals surface area contributed by atoms with Crippen LogP contribution < -0.4 is 4.74 Å². The number of benzene rings is 1. The SMILES string of the molecule is COc1cccc(C)c1-c1ncon1. The fourth-order valence-electron chi connectivity index (χ4n) is 1.38.